The molecule has 1 unspecified atom stereocenters. The Kier molecular flexibility index (Phi) is 4.31. The molecule has 1 heterocycles. The molecule has 1 aromatic carbocycles. The number of halogens is 1. The average Bonchev–Trinajstić information content (AvgIpc) is 2.35. The smallest absolute Gasteiger partial charge is 0.0453 e. The SMILES string of the molecule is CCC1(C)CNCCN1Cc1ccc(C)cc1Cl. The van der Waals surface area contributed by atoms with Crippen LogP contribution in [0.4, 0.5) is 0 Å². The third-order valence-corrected chi connectivity index (χ3v) is 4.51. The lowest BCUT2D eigenvalue weighted by Crippen LogP contribution is -2.58. The van der Waals surface area contributed by atoms with E-state index in [1.807, 2.05) is 0 Å². The zero-order chi connectivity index (χ0) is 13.2. The summed E-state index contributed by atoms with van der Waals surface area (Å²) in [6.07, 6.45) is 1.16. The van der Waals surface area contributed by atoms with E-state index in [2.05, 4.69) is 49.2 Å². The minimum absolute atomic E-state index is 0.243. The minimum atomic E-state index is 0.243. The standard InChI is InChI=1S/C15H23ClN2/c1-4-15(3)11-17-7-8-18(15)10-13-6-5-12(2)9-14(13)16/h5-6,9,17H,4,7-8,10-11H2,1-3H3. The average molecular weight is 267 g/mol. The number of aryl methyl sites for hydroxylation is 1. The molecule has 18 heavy (non-hydrogen) atoms. The first kappa shape index (κ1) is 13.9. The highest BCUT2D eigenvalue weighted by Gasteiger charge is 2.32. The van der Waals surface area contributed by atoms with E-state index in [1.165, 1.54) is 11.1 Å². The van der Waals surface area contributed by atoms with Crippen molar-refractivity contribution >= 4 is 11.6 Å². The molecule has 0 radical (unpaired) electrons. The second-order valence-electron chi connectivity index (χ2n) is 5.54. The highest BCUT2D eigenvalue weighted by atomic mass is 35.5. The van der Waals surface area contributed by atoms with E-state index in [4.69, 9.17) is 11.6 Å². The molecule has 3 heteroatoms. The molecule has 0 aliphatic carbocycles. The van der Waals surface area contributed by atoms with Crippen LogP contribution in [0.2, 0.25) is 5.02 Å². The Morgan fingerprint density at radius 1 is 1.44 bits per heavy atom. The van der Waals surface area contributed by atoms with Crippen LogP contribution in [0.25, 0.3) is 0 Å². The molecular weight excluding hydrogens is 244 g/mol. The van der Waals surface area contributed by atoms with Crippen molar-refractivity contribution in [3.8, 4) is 0 Å². The Bertz CT molecular complexity index is 419. The van der Waals surface area contributed by atoms with E-state index < -0.39 is 0 Å². The molecule has 0 bridgehead atoms. The molecule has 2 rings (SSSR count). The highest BCUT2D eigenvalue weighted by Crippen LogP contribution is 2.26. The molecule has 1 fully saturated rings. The second kappa shape index (κ2) is 5.60. The van der Waals surface area contributed by atoms with Gasteiger partial charge in [-0.25, -0.2) is 0 Å². The number of hydrogen-bond acceptors (Lipinski definition) is 2. The van der Waals surface area contributed by atoms with Crippen molar-refractivity contribution in [1.29, 1.82) is 0 Å². The number of piperazine rings is 1. The summed E-state index contributed by atoms with van der Waals surface area (Å²) in [5.41, 5.74) is 2.71. The normalized spacial score (nSPS) is 25.3. The summed E-state index contributed by atoms with van der Waals surface area (Å²) in [5, 5.41) is 4.39. The Morgan fingerprint density at radius 3 is 2.89 bits per heavy atom. The third-order valence-electron chi connectivity index (χ3n) is 4.16. The van der Waals surface area contributed by atoms with Crippen LogP contribution >= 0.6 is 11.6 Å². The number of hydrogen-bond donors (Lipinski definition) is 1. The Labute approximate surface area is 115 Å². The lowest BCUT2D eigenvalue weighted by Gasteiger charge is -2.45. The Hall–Kier alpha value is -0.570. The number of rotatable bonds is 3. The molecular formula is C15H23ClN2. The van der Waals surface area contributed by atoms with Crippen LogP contribution in [0.1, 0.15) is 31.4 Å². The van der Waals surface area contributed by atoms with Gasteiger partial charge >= 0.3 is 0 Å². The summed E-state index contributed by atoms with van der Waals surface area (Å²) in [6.45, 7) is 10.8. The Morgan fingerprint density at radius 2 is 2.22 bits per heavy atom. The first-order valence-electron chi connectivity index (χ1n) is 6.76. The molecule has 1 aliphatic rings. The summed E-state index contributed by atoms with van der Waals surface area (Å²) in [4.78, 5) is 2.56. The molecule has 0 aromatic heterocycles. The first-order chi connectivity index (χ1) is 8.55. The van der Waals surface area contributed by atoms with Gasteiger partial charge in [-0.15, -0.1) is 0 Å². The van der Waals surface area contributed by atoms with Gasteiger partial charge in [0.2, 0.25) is 0 Å². The van der Waals surface area contributed by atoms with Crippen molar-refractivity contribution in [1.82, 2.24) is 10.2 Å². The van der Waals surface area contributed by atoms with Crippen molar-refractivity contribution < 1.29 is 0 Å². The predicted molar refractivity (Wildman–Crippen MR) is 78.2 cm³/mol. The van der Waals surface area contributed by atoms with Gasteiger partial charge in [0.05, 0.1) is 0 Å². The molecule has 1 N–H and O–H groups in total. The van der Waals surface area contributed by atoms with Crippen molar-refractivity contribution in [3.63, 3.8) is 0 Å². The van der Waals surface area contributed by atoms with Gasteiger partial charge in [-0.3, -0.25) is 4.90 Å². The maximum absolute atomic E-state index is 6.34. The van der Waals surface area contributed by atoms with Crippen molar-refractivity contribution in [2.24, 2.45) is 0 Å². The van der Waals surface area contributed by atoms with Gasteiger partial charge in [-0.2, -0.15) is 0 Å². The molecule has 2 nitrogen and oxygen atoms in total. The molecule has 1 atom stereocenters. The molecule has 1 aromatic rings. The molecule has 0 spiro atoms. The van der Waals surface area contributed by atoms with Crippen molar-refractivity contribution in [2.45, 2.75) is 39.3 Å². The number of nitrogens with one attached hydrogen (secondary N) is 1. The van der Waals surface area contributed by atoms with Gasteiger partial charge in [-0.05, 0) is 37.5 Å². The van der Waals surface area contributed by atoms with Crippen LogP contribution in [0, 0.1) is 6.92 Å². The quantitative estimate of drug-likeness (QED) is 0.904. The fraction of sp³-hybridized carbons (Fsp3) is 0.600. The zero-order valence-electron chi connectivity index (χ0n) is 11.6. The molecule has 1 aliphatic heterocycles. The van der Waals surface area contributed by atoms with E-state index >= 15 is 0 Å². The minimum Gasteiger partial charge on any atom is -0.314 e. The van der Waals surface area contributed by atoms with Gasteiger partial charge in [0, 0.05) is 36.7 Å². The fourth-order valence-electron chi connectivity index (χ4n) is 2.56. The topological polar surface area (TPSA) is 15.3 Å². The fourth-order valence-corrected chi connectivity index (χ4v) is 2.85. The maximum atomic E-state index is 6.34. The summed E-state index contributed by atoms with van der Waals surface area (Å²) >= 11 is 6.34. The van der Waals surface area contributed by atoms with Gasteiger partial charge in [0.15, 0.2) is 0 Å². The number of nitrogens with zero attached hydrogens (tertiary/aromatic N) is 1. The van der Waals surface area contributed by atoms with Crippen molar-refractivity contribution in [3.05, 3.63) is 34.3 Å². The maximum Gasteiger partial charge on any atom is 0.0453 e. The second-order valence-corrected chi connectivity index (χ2v) is 5.95. The zero-order valence-corrected chi connectivity index (χ0v) is 12.3. The Balaban J connectivity index is 2.16. The van der Waals surface area contributed by atoms with Crippen LogP contribution < -0.4 is 5.32 Å². The van der Waals surface area contributed by atoms with E-state index in [1.54, 1.807) is 0 Å². The summed E-state index contributed by atoms with van der Waals surface area (Å²) in [6, 6.07) is 6.37. The molecule has 0 amide bonds. The summed E-state index contributed by atoms with van der Waals surface area (Å²) in [7, 11) is 0. The summed E-state index contributed by atoms with van der Waals surface area (Å²) in [5.74, 6) is 0. The molecule has 0 saturated carbocycles. The van der Waals surface area contributed by atoms with Crippen LogP contribution in [-0.2, 0) is 6.54 Å². The van der Waals surface area contributed by atoms with Gasteiger partial charge in [-0.1, -0.05) is 30.7 Å². The molecule has 100 valence electrons. The van der Waals surface area contributed by atoms with Crippen LogP contribution in [-0.4, -0.2) is 30.1 Å². The third kappa shape index (κ3) is 2.87. The summed E-state index contributed by atoms with van der Waals surface area (Å²) < 4.78 is 0. The van der Waals surface area contributed by atoms with E-state index in [-0.39, 0.29) is 5.54 Å². The van der Waals surface area contributed by atoms with Gasteiger partial charge in [0.25, 0.3) is 0 Å². The van der Waals surface area contributed by atoms with E-state index in [0.717, 1.165) is 37.6 Å². The largest absolute Gasteiger partial charge is 0.314 e. The van der Waals surface area contributed by atoms with E-state index in [9.17, 15) is 0 Å². The lowest BCUT2D eigenvalue weighted by molar-refractivity contribution is 0.0638. The highest BCUT2D eigenvalue weighted by molar-refractivity contribution is 6.31. The number of benzene rings is 1. The van der Waals surface area contributed by atoms with Crippen LogP contribution in [0.3, 0.4) is 0 Å². The lowest BCUT2D eigenvalue weighted by atomic mass is 9.93. The van der Waals surface area contributed by atoms with Crippen LogP contribution in [0.15, 0.2) is 18.2 Å². The monoisotopic (exact) mass is 266 g/mol. The van der Waals surface area contributed by atoms with Gasteiger partial charge in [0.1, 0.15) is 0 Å². The molecule has 1 saturated heterocycles. The van der Waals surface area contributed by atoms with Crippen LogP contribution in [0.5, 0.6) is 0 Å². The van der Waals surface area contributed by atoms with Crippen molar-refractivity contribution in [2.75, 3.05) is 19.6 Å². The predicted octanol–water partition coefficient (Wildman–Crippen LogP) is 3.22. The first-order valence-corrected chi connectivity index (χ1v) is 7.14. The van der Waals surface area contributed by atoms with E-state index in [0.29, 0.717) is 0 Å². The van der Waals surface area contributed by atoms with Gasteiger partial charge < -0.3 is 5.32 Å².